The molecule has 1 nitrogen and oxygen atoms in total. The van der Waals surface area contributed by atoms with Crippen LogP contribution in [0.1, 0.15) is 52.9 Å². The van der Waals surface area contributed by atoms with E-state index in [2.05, 4.69) is 20.8 Å². The summed E-state index contributed by atoms with van der Waals surface area (Å²) in [6.07, 6.45) is 4.95. The summed E-state index contributed by atoms with van der Waals surface area (Å²) >= 11 is 0. The van der Waals surface area contributed by atoms with Crippen LogP contribution in [0.2, 0.25) is 0 Å². The molecule has 1 atom stereocenters. The molecule has 66 valence electrons. The largest absolute Gasteiger partial charge is 0.300 e. The van der Waals surface area contributed by atoms with E-state index < -0.39 is 0 Å². The molecule has 1 heteroatoms. The molecule has 0 spiro atoms. The molecule has 1 unspecified atom stereocenters. The van der Waals surface area contributed by atoms with E-state index in [1.165, 1.54) is 12.8 Å². The summed E-state index contributed by atoms with van der Waals surface area (Å²) in [5.41, 5.74) is 0. The average Bonchev–Trinajstić information content (AvgIpc) is 1.87. The van der Waals surface area contributed by atoms with Gasteiger partial charge in [-0.2, -0.15) is 0 Å². The first-order valence-electron chi connectivity index (χ1n) is 4.72. The molecule has 0 saturated carbocycles. The molecular weight excluding hydrogens is 136 g/mol. The van der Waals surface area contributed by atoms with Crippen molar-refractivity contribution in [1.82, 2.24) is 0 Å². The van der Waals surface area contributed by atoms with Gasteiger partial charge in [0.05, 0.1) is 0 Å². The van der Waals surface area contributed by atoms with Crippen molar-refractivity contribution in [3.63, 3.8) is 0 Å². The number of Topliss-reactive ketones (excluding diaryl/α,β-unsaturated/α-hetero) is 1. The molecule has 0 aliphatic rings. The minimum atomic E-state index is 0.438. The molecule has 0 aliphatic heterocycles. The van der Waals surface area contributed by atoms with Crippen LogP contribution in [0, 0.1) is 5.92 Å². The van der Waals surface area contributed by atoms with Gasteiger partial charge < -0.3 is 0 Å². The minimum absolute atomic E-state index is 0.438. The number of rotatable bonds is 6. The number of hydrogen-bond donors (Lipinski definition) is 0. The first-order valence-corrected chi connectivity index (χ1v) is 4.72. The van der Waals surface area contributed by atoms with Crippen molar-refractivity contribution in [3.8, 4) is 0 Å². The maximum atomic E-state index is 11.1. The van der Waals surface area contributed by atoms with Crippen LogP contribution in [0.25, 0.3) is 0 Å². The van der Waals surface area contributed by atoms with Gasteiger partial charge in [-0.25, -0.2) is 0 Å². The van der Waals surface area contributed by atoms with E-state index in [0.717, 1.165) is 19.3 Å². The first kappa shape index (κ1) is 10.7. The standard InChI is InChI=1S/C10H20O/c1-4-6-9(3)8-10(11)7-5-2/h9H,4-8H2,1-3H3. The van der Waals surface area contributed by atoms with Gasteiger partial charge in [-0.05, 0) is 12.3 Å². The van der Waals surface area contributed by atoms with Crippen molar-refractivity contribution in [1.29, 1.82) is 0 Å². The van der Waals surface area contributed by atoms with Gasteiger partial charge in [0.2, 0.25) is 0 Å². The van der Waals surface area contributed by atoms with Crippen molar-refractivity contribution in [2.24, 2.45) is 5.92 Å². The molecule has 0 radical (unpaired) electrons. The van der Waals surface area contributed by atoms with Gasteiger partial charge in [-0.3, -0.25) is 4.79 Å². The second-order valence-corrected chi connectivity index (χ2v) is 3.39. The van der Waals surface area contributed by atoms with Crippen molar-refractivity contribution in [2.75, 3.05) is 0 Å². The van der Waals surface area contributed by atoms with E-state index in [9.17, 15) is 4.79 Å². The summed E-state index contributed by atoms with van der Waals surface area (Å²) in [5.74, 6) is 1.03. The van der Waals surface area contributed by atoms with Crippen LogP contribution in [0.5, 0.6) is 0 Å². The zero-order chi connectivity index (χ0) is 8.69. The quantitative estimate of drug-likeness (QED) is 0.577. The highest BCUT2D eigenvalue weighted by molar-refractivity contribution is 5.78. The van der Waals surface area contributed by atoms with E-state index in [4.69, 9.17) is 0 Å². The SMILES string of the molecule is CCCC(=O)CC(C)CCC. The molecule has 0 heterocycles. The highest BCUT2D eigenvalue weighted by Gasteiger charge is 2.06. The van der Waals surface area contributed by atoms with Gasteiger partial charge in [0.15, 0.2) is 0 Å². The summed E-state index contributed by atoms with van der Waals surface area (Å²) in [6.45, 7) is 6.39. The Morgan fingerprint density at radius 1 is 1.27 bits per heavy atom. The van der Waals surface area contributed by atoms with Crippen LogP contribution in [0.3, 0.4) is 0 Å². The molecule has 0 bridgehead atoms. The van der Waals surface area contributed by atoms with Crippen LogP contribution in [-0.2, 0) is 4.79 Å². The first-order chi connectivity index (χ1) is 5.20. The number of carbonyl (C=O) groups is 1. The van der Waals surface area contributed by atoms with Gasteiger partial charge in [-0.1, -0.05) is 33.6 Å². The lowest BCUT2D eigenvalue weighted by Gasteiger charge is -2.07. The van der Waals surface area contributed by atoms with Gasteiger partial charge in [0, 0.05) is 12.8 Å². The monoisotopic (exact) mass is 156 g/mol. The molecular formula is C10H20O. The summed E-state index contributed by atoms with van der Waals surface area (Å²) in [7, 11) is 0. The predicted octanol–water partition coefficient (Wildman–Crippen LogP) is 3.18. The fraction of sp³-hybridized carbons (Fsp3) is 0.900. The number of ketones is 1. The Morgan fingerprint density at radius 3 is 2.36 bits per heavy atom. The topological polar surface area (TPSA) is 17.1 Å². The lowest BCUT2D eigenvalue weighted by Crippen LogP contribution is -2.04. The highest BCUT2D eigenvalue weighted by Crippen LogP contribution is 2.11. The maximum absolute atomic E-state index is 11.1. The summed E-state index contributed by atoms with van der Waals surface area (Å²) in [4.78, 5) is 11.1. The molecule has 0 rings (SSSR count). The summed E-state index contributed by atoms with van der Waals surface area (Å²) < 4.78 is 0. The Kier molecular flexibility index (Phi) is 6.19. The third-order valence-electron chi connectivity index (χ3n) is 1.89. The zero-order valence-corrected chi connectivity index (χ0v) is 8.02. The fourth-order valence-electron chi connectivity index (χ4n) is 1.36. The van der Waals surface area contributed by atoms with Gasteiger partial charge in [-0.15, -0.1) is 0 Å². The van der Waals surface area contributed by atoms with Gasteiger partial charge in [0.1, 0.15) is 5.78 Å². The van der Waals surface area contributed by atoms with E-state index in [1.54, 1.807) is 0 Å². The average molecular weight is 156 g/mol. The molecule has 0 aromatic carbocycles. The van der Waals surface area contributed by atoms with E-state index in [-0.39, 0.29) is 0 Å². The Balaban J connectivity index is 3.40. The lowest BCUT2D eigenvalue weighted by atomic mass is 9.98. The van der Waals surface area contributed by atoms with Crippen molar-refractivity contribution in [3.05, 3.63) is 0 Å². The van der Waals surface area contributed by atoms with Crippen LogP contribution >= 0.6 is 0 Å². The lowest BCUT2D eigenvalue weighted by molar-refractivity contribution is -0.119. The minimum Gasteiger partial charge on any atom is -0.300 e. The predicted molar refractivity (Wildman–Crippen MR) is 48.6 cm³/mol. The molecule has 0 aliphatic carbocycles. The normalized spacial score (nSPS) is 13.0. The fourth-order valence-corrected chi connectivity index (χ4v) is 1.36. The third-order valence-corrected chi connectivity index (χ3v) is 1.89. The van der Waals surface area contributed by atoms with Crippen LogP contribution in [0.4, 0.5) is 0 Å². The molecule has 0 aromatic heterocycles. The number of carbonyl (C=O) groups excluding carboxylic acids is 1. The van der Waals surface area contributed by atoms with Crippen LogP contribution < -0.4 is 0 Å². The van der Waals surface area contributed by atoms with Crippen LogP contribution in [-0.4, -0.2) is 5.78 Å². The van der Waals surface area contributed by atoms with Crippen molar-refractivity contribution < 1.29 is 4.79 Å². The van der Waals surface area contributed by atoms with Gasteiger partial charge >= 0.3 is 0 Å². The van der Waals surface area contributed by atoms with E-state index in [0.29, 0.717) is 11.7 Å². The molecule has 0 amide bonds. The molecule has 0 saturated heterocycles. The third kappa shape index (κ3) is 6.08. The summed E-state index contributed by atoms with van der Waals surface area (Å²) in [5, 5.41) is 0. The Hall–Kier alpha value is -0.330. The maximum Gasteiger partial charge on any atom is 0.133 e. The number of hydrogen-bond acceptors (Lipinski definition) is 1. The second-order valence-electron chi connectivity index (χ2n) is 3.39. The highest BCUT2D eigenvalue weighted by atomic mass is 16.1. The molecule has 11 heavy (non-hydrogen) atoms. The zero-order valence-electron chi connectivity index (χ0n) is 8.02. The van der Waals surface area contributed by atoms with Crippen molar-refractivity contribution in [2.45, 2.75) is 52.9 Å². The Morgan fingerprint density at radius 2 is 1.91 bits per heavy atom. The molecule has 0 fully saturated rings. The van der Waals surface area contributed by atoms with Gasteiger partial charge in [0.25, 0.3) is 0 Å². The Bertz CT molecular complexity index is 107. The van der Waals surface area contributed by atoms with E-state index >= 15 is 0 Å². The van der Waals surface area contributed by atoms with E-state index in [1.807, 2.05) is 0 Å². The smallest absolute Gasteiger partial charge is 0.133 e. The summed E-state index contributed by atoms with van der Waals surface area (Å²) in [6, 6.07) is 0. The Labute approximate surface area is 70.2 Å². The van der Waals surface area contributed by atoms with Crippen LogP contribution in [0.15, 0.2) is 0 Å². The van der Waals surface area contributed by atoms with Crippen molar-refractivity contribution >= 4 is 5.78 Å². The molecule has 0 aromatic rings. The second kappa shape index (κ2) is 6.38. The molecule has 0 N–H and O–H groups in total.